The Hall–Kier alpha value is -3.22. The summed E-state index contributed by atoms with van der Waals surface area (Å²) in [5.41, 5.74) is 2.09. The number of amides is 1. The Morgan fingerprint density at radius 3 is 2.78 bits per heavy atom. The van der Waals surface area contributed by atoms with E-state index in [9.17, 15) is 4.79 Å². The molecular formula is C16H15N5O2. The van der Waals surface area contributed by atoms with Crippen molar-refractivity contribution in [3.05, 3.63) is 65.7 Å². The van der Waals surface area contributed by atoms with Crippen molar-refractivity contribution < 1.29 is 9.53 Å². The molecule has 0 fully saturated rings. The Bertz CT molecular complexity index is 801. The maximum absolute atomic E-state index is 12.1. The molecule has 116 valence electrons. The largest absolute Gasteiger partial charge is 0.473 e. The Morgan fingerprint density at radius 2 is 2.04 bits per heavy atom. The van der Waals surface area contributed by atoms with Gasteiger partial charge in [-0.3, -0.25) is 9.89 Å². The van der Waals surface area contributed by atoms with E-state index in [1.165, 1.54) is 12.4 Å². The Kier molecular flexibility index (Phi) is 4.28. The number of carbonyl (C=O) groups is 1. The van der Waals surface area contributed by atoms with Crippen LogP contribution in [0.2, 0.25) is 0 Å². The highest BCUT2D eigenvalue weighted by Gasteiger charge is 2.11. The van der Waals surface area contributed by atoms with Gasteiger partial charge in [0.2, 0.25) is 5.88 Å². The number of H-pyrrole nitrogens is 1. The molecule has 0 bridgehead atoms. The highest BCUT2D eigenvalue weighted by Crippen LogP contribution is 2.12. The average molecular weight is 309 g/mol. The van der Waals surface area contributed by atoms with E-state index in [0.29, 0.717) is 18.3 Å². The Morgan fingerprint density at radius 1 is 1.22 bits per heavy atom. The van der Waals surface area contributed by atoms with Crippen LogP contribution in [0.3, 0.4) is 0 Å². The van der Waals surface area contributed by atoms with Crippen molar-refractivity contribution in [3.8, 4) is 5.88 Å². The number of benzene rings is 1. The lowest BCUT2D eigenvalue weighted by Gasteiger charge is -2.06. The summed E-state index contributed by atoms with van der Waals surface area (Å²) in [5, 5.41) is 9.35. The highest BCUT2D eigenvalue weighted by atomic mass is 16.5. The fraction of sp³-hybridized carbons (Fsp3) is 0.125. The van der Waals surface area contributed by atoms with E-state index in [1.54, 1.807) is 6.07 Å². The van der Waals surface area contributed by atoms with E-state index in [2.05, 4.69) is 25.5 Å². The van der Waals surface area contributed by atoms with Gasteiger partial charge in [-0.05, 0) is 12.5 Å². The monoisotopic (exact) mass is 309 g/mol. The van der Waals surface area contributed by atoms with Crippen molar-refractivity contribution in [2.75, 3.05) is 5.32 Å². The summed E-state index contributed by atoms with van der Waals surface area (Å²) in [6.45, 7) is 2.22. The van der Waals surface area contributed by atoms with Crippen LogP contribution in [0.1, 0.15) is 21.7 Å². The number of nitrogens with zero attached hydrogens (tertiary/aromatic N) is 3. The van der Waals surface area contributed by atoms with E-state index in [1.807, 2.05) is 37.3 Å². The van der Waals surface area contributed by atoms with E-state index in [0.717, 1.165) is 11.3 Å². The first-order valence-electron chi connectivity index (χ1n) is 7.03. The van der Waals surface area contributed by atoms with E-state index in [-0.39, 0.29) is 11.6 Å². The van der Waals surface area contributed by atoms with Gasteiger partial charge in [0.1, 0.15) is 18.6 Å². The fourth-order valence-corrected chi connectivity index (χ4v) is 1.94. The first-order chi connectivity index (χ1) is 11.2. The van der Waals surface area contributed by atoms with Crippen LogP contribution in [0.4, 0.5) is 5.82 Å². The molecule has 0 saturated carbocycles. The molecule has 7 heteroatoms. The van der Waals surface area contributed by atoms with Gasteiger partial charge >= 0.3 is 0 Å². The molecule has 2 aromatic heterocycles. The molecule has 7 nitrogen and oxygen atoms in total. The molecule has 3 rings (SSSR count). The Labute approximate surface area is 132 Å². The molecule has 0 unspecified atom stereocenters. The SMILES string of the molecule is Cc1cc(NC(=O)c2cc(OCc3ccccc3)ncn2)n[nH]1. The minimum Gasteiger partial charge on any atom is -0.473 e. The maximum Gasteiger partial charge on any atom is 0.275 e. The molecule has 23 heavy (non-hydrogen) atoms. The van der Waals surface area contributed by atoms with E-state index in [4.69, 9.17) is 4.74 Å². The van der Waals surface area contributed by atoms with E-state index >= 15 is 0 Å². The maximum atomic E-state index is 12.1. The number of hydrogen-bond acceptors (Lipinski definition) is 5. The zero-order chi connectivity index (χ0) is 16.1. The number of aromatic amines is 1. The molecule has 2 N–H and O–H groups in total. The molecule has 0 aliphatic rings. The number of ether oxygens (including phenoxy) is 1. The second-order valence-corrected chi connectivity index (χ2v) is 4.91. The summed E-state index contributed by atoms with van der Waals surface area (Å²) < 4.78 is 5.58. The van der Waals surface area contributed by atoms with Crippen LogP contribution in [-0.4, -0.2) is 26.1 Å². The third kappa shape index (κ3) is 3.91. The normalized spacial score (nSPS) is 10.3. The molecular weight excluding hydrogens is 294 g/mol. The zero-order valence-corrected chi connectivity index (χ0v) is 12.5. The minimum atomic E-state index is -0.372. The van der Waals surface area contributed by atoms with Crippen LogP contribution in [-0.2, 0) is 6.61 Å². The smallest absolute Gasteiger partial charge is 0.275 e. The Balaban J connectivity index is 1.65. The quantitative estimate of drug-likeness (QED) is 0.754. The fourth-order valence-electron chi connectivity index (χ4n) is 1.94. The first-order valence-corrected chi connectivity index (χ1v) is 7.03. The number of aromatic nitrogens is 4. The summed E-state index contributed by atoms with van der Waals surface area (Å²) in [5.74, 6) is 0.411. The summed E-state index contributed by atoms with van der Waals surface area (Å²) >= 11 is 0. The molecule has 2 heterocycles. The standard InChI is InChI=1S/C16H15N5O2/c1-11-7-14(21-20-11)19-16(22)13-8-15(18-10-17-13)23-9-12-5-3-2-4-6-12/h2-8,10H,9H2,1H3,(H2,19,20,21,22). The van der Waals surface area contributed by atoms with Crippen molar-refractivity contribution in [3.63, 3.8) is 0 Å². The van der Waals surface area contributed by atoms with Gasteiger partial charge in [-0.15, -0.1) is 0 Å². The van der Waals surface area contributed by atoms with Gasteiger partial charge in [0.25, 0.3) is 5.91 Å². The second kappa shape index (κ2) is 6.69. The van der Waals surface area contributed by atoms with Gasteiger partial charge in [-0.25, -0.2) is 9.97 Å². The predicted molar refractivity (Wildman–Crippen MR) is 84.1 cm³/mol. The molecule has 0 spiro atoms. The van der Waals surface area contributed by atoms with Crippen molar-refractivity contribution in [1.29, 1.82) is 0 Å². The van der Waals surface area contributed by atoms with E-state index < -0.39 is 0 Å². The first kappa shape index (κ1) is 14.7. The summed E-state index contributed by atoms with van der Waals surface area (Å²) in [6.07, 6.45) is 1.30. The number of hydrogen-bond donors (Lipinski definition) is 2. The number of carbonyl (C=O) groups excluding carboxylic acids is 1. The number of rotatable bonds is 5. The van der Waals surface area contributed by atoms with Crippen LogP contribution in [0, 0.1) is 6.92 Å². The summed E-state index contributed by atoms with van der Waals surface area (Å²) in [4.78, 5) is 20.1. The molecule has 0 radical (unpaired) electrons. The molecule has 0 saturated heterocycles. The number of aryl methyl sites for hydroxylation is 1. The van der Waals surface area contributed by atoms with Crippen LogP contribution in [0.25, 0.3) is 0 Å². The molecule has 0 aliphatic carbocycles. The molecule has 0 atom stereocenters. The predicted octanol–water partition coefficient (Wildman–Crippen LogP) is 2.34. The molecule has 1 aromatic carbocycles. The lowest BCUT2D eigenvalue weighted by Crippen LogP contribution is -2.14. The van der Waals surface area contributed by atoms with Gasteiger partial charge in [0.15, 0.2) is 5.82 Å². The third-order valence-corrected chi connectivity index (χ3v) is 3.05. The lowest BCUT2D eigenvalue weighted by atomic mass is 10.2. The summed E-state index contributed by atoms with van der Waals surface area (Å²) in [6, 6.07) is 12.9. The average Bonchev–Trinajstić information content (AvgIpc) is 2.99. The van der Waals surface area contributed by atoms with Gasteiger partial charge in [0.05, 0.1) is 0 Å². The zero-order valence-electron chi connectivity index (χ0n) is 12.5. The molecule has 1 amide bonds. The van der Waals surface area contributed by atoms with Gasteiger partial charge in [0, 0.05) is 17.8 Å². The van der Waals surface area contributed by atoms with Crippen LogP contribution in [0.5, 0.6) is 5.88 Å². The van der Waals surface area contributed by atoms with Gasteiger partial charge in [-0.2, -0.15) is 5.10 Å². The lowest BCUT2D eigenvalue weighted by molar-refractivity contribution is 0.102. The van der Waals surface area contributed by atoms with Gasteiger partial charge < -0.3 is 10.1 Å². The highest BCUT2D eigenvalue weighted by molar-refractivity contribution is 6.02. The van der Waals surface area contributed by atoms with Gasteiger partial charge in [-0.1, -0.05) is 30.3 Å². The van der Waals surface area contributed by atoms with Crippen LogP contribution in [0.15, 0.2) is 48.8 Å². The van der Waals surface area contributed by atoms with Crippen molar-refractivity contribution >= 4 is 11.7 Å². The molecule has 3 aromatic rings. The number of nitrogens with one attached hydrogen (secondary N) is 2. The third-order valence-electron chi connectivity index (χ3n) is 3.05. The topological polar surface area (TPSA) is 92.8 Å². The van der Waals surface area contributed by atoms with Crippen molar-refractivity contribution in [1.82, 2.24) is 20.2 Å². The van der Waals surface area contributed by atoms with Crippen LogP contribution < -0.4 is 10.1 Å². The van der Waals surface area contributed by atoms with Crippen molar-refractivity contribution in [2.24, 2.45) is 0 Å². The van der Waals surface area contributed by atoms with Crippen LogP contribution >= 0.6 is 0 Å². The summed E-state index contributed by atoms with van der Waals surface area (Å²) in [7, 11) is 0. The molecule has 0 aliphatic heterocycles. The minimum absolute atomic E-state index is 0.212. The van der Waals surface area contributed by atoms with Crippen molar-refractivity contribution in [2.45, 2.75) is 13.5 Å². The number of anilines is 1. The second-order valence-electron chi connectivity index (χ2n) is 4.91.